The minimum Gasteiger partial charge on any atom is -0.381 e. The highest BCUT2D eigenvalue weighted by molar-refractivity contribution is 5.86. The first-order chi connectivity index (χ1) is 7.65. The minimum absolute atomic E-state index is 0. The van der Waals surface area contributed by atoms with Crippen molar-refractivity contribution in [3.63, 3.8) is 0 Å². The van der Waals surface area contributed by atoms with Crippen molar-refractivity contribution in [1.29, 1.82) is 0 Å². The molecule has 100 valence electrons. The van der Waals surface area contributed by atoms with E-state index in [0.717, 1.165) is 25.9 Å². The number of carbonyl (C=O) groups excluding carboxylic acids is 1. The molecule has 0 aromatic carbocycles. The van der Waals surface area contributed by atoms with Crippen LogP contribution in [0, 0.1) is 5.92 Å². The third-order valence-corrected chi connectivity index (χ3v) is 3.96. The summed E-state index contributed by atoms with van der Waals surface area (Å²) in [4.78, 5) is 14.3. The topological polar surface area (TPSA) is 55.6 Å². The summed E-state index contributed by atoms with van der Waals surface area (Å²) in [5, 5.41) is 0. The van der Waals surface area contributed by atoms with E-state index in [1.807, 2.05) is 4.90 Å². The second-order valence-corrected chi connectivity index (χ2v) is 5.08. The zero-order chi connectivity index (χ0) is 11.6. The van der Waals surface area contributed by atoms with Crippen LogP contribution < -0.4 is 5.73 Å². The largest absolute Gasteiger partial charge is 0.381 e. The first kappa shape index (κ1) is 14.7. The van der Waals surface area contributed by atoms with Crippen molar-refractivity contribution in [2.24, 2.45) is 11.7 Å². The number of nitrogens with zero attached hydrogens (tertiary/aromatic N) is 1. The van der Waals surface area contributed by atoms with E-state index in [2.05, 4.69) is 6.92 Å². The standard InChI is InChI=1S/C12H22N2O2.ClH/c1-2-10-3-6-14(9-10)11(15)12(13)4-7-16-8-5-12;/h10H,2-9,13H2,1H3;1H. The van der Waals surface area contributed by atoms with E-state index in [-0.39, 0.29) is 18.3 Å². The number of ether oxygens (including phenoxy) is 1. The quantitative estimate of drug-likeness (QED) is 0.813. The van der Waals surface area contributed by atoms with Crippen molar-refractivity contribution in [3.8, 4) is 0 Å². The number of halogens is 1. The molecule has 1 amide bonds. The Labute approximate surface area is 109 Å². The Kier molecular flexibility index (Phi) is 5.22. The molecule has 2 rings (SSSR count). The van der Waals surface area contributed by atoms with Gasteiger partial charge >= 0.3 is 0 Å². The monoisotopic (exact) mass is 262 g/mol. The third-order valence-electron chi connectivity index (χ3n) is 3.96. The molecule has 4 nitrogen and oxygen atoms in total. The number of likely N-dealkylation sites (tertiary alicyclic amines) is 1. The summed E-state index contributed by atoms with van der Waals surface area (Å²) in [5.41, 5.74) is 5.55. The van der Waals surface area contributed by atoms with E-state index in [0.29, 0.717) is 32.0 Å². The van der Waals surface area contributed by atoms with Crippen LogP contribution in [0.3, 0.4) is 0 Å². The summed E-state index contributed by atoms with van der Waals surface area (Å²) >= 11 is 0. The van der Waals surface area contributed by atoms with Crippen molar-refractivity contribution in [2.45, 2.75) is 38.1 Å². The second kappa shape index (κ2) is 6.03. The summed E-state index contributed by atoms with van der Waals surface area (Å²) in [6.07, 6.45) is 3.62. The molecule has 0 spiro atoms. The molecule has 1 atom stereocenters. The van der Waals surface area contributed by atoms with Crippen LogP contribution in [-0.4, -0.2) is 42.6 Å². The fourth-order valence-corrected chi connectivity index (χ4v) is 2.61. The molecule has 5 heteroatoms. The summed E-state index contributed by atoms with van der Waals surface area (Å²) < 4.78 is 5.27. The van der Waals surface area contributed by atoms with E-state index in [4.69, 9.17) is 10.5 Å². The Balaban J connectivity index is 0.00000144. The Hall–Kier alpha value is -0.320. The van der Waals surface area contributed by atoms with Crippen LogP contribution in [0.4, 0.5) is 0 Å². The van der Waals surface area contributed by atoms with Gasteiger partial charge in [0, 0.05) is 26.3 Å². The van der Waals surface area contributed by atoms with Gasteiger partial charge in [-0.2, -0.15) is 0 Å². The smallest absolute Gasteiger partial charge is 0.242 e. The normalized spacial score (nSPS) is 27.6. The molecule has 2 heterocycles. The molecule has 0 radical (unpaired) electrons. The van der Waals surface area contributed by atoms with Gasteiger partial charge in [0.25, 0.3) is 0 Å². The van der Waals surface area contributed by atoms with Gasteiger partial charge in [-0.3, -0.25) is 4.79 Å². The number of hydrogen-bond acceptors (Lipinski definition) is 3. The van der Waals surface area contributed by atoms with Gasteiger partial charge in [-0.15, -0.1) is 12.4 Å². The highest BCUT2D eigenvalue weighted by Gasteiger charge is 2.40. The molecule has 0 saturated carbocycles. The number of carbonyl (C=O) groups is 1. The lowest BCUT2D eigenvalue weighted by Gasteiger charge is -2.35. The van der Waals surface area contributed by atoms with Crippen LogP contribution in [0.25, 0.3) is 0 Å². The van der Waals surface area contributed by atoms with Gasteiger partial charge in [0.15, 0.2) is 0 Å². The van der Waals surface area contributed by atoms with Gasteiger partial charge in [0.2, 0.25) is 5.91 Å². The molecule has 0 aromatic heterocycles. The first-order valence-electron chi connectivity index (χ1n) is 6.32. The van der Waals surface area contributed by atoms with E-state index in [1.54, 1.807) is 0 Å². The van der Waals surface area contributed by atoms with Crippen molar-refractivity contribution >= 4 is 18.3 Å². The zero-order valence-corrected chi connectivity index (χ0v) is 11.3. The van der Waals surface area contributed by atoms with Crippen LogP contribution in [0.1, 0.15) is 32.6 Å². The van der Waals surface area contributed by atoms with Gasteiger partial charge in [-0.05, 0) is 25.2 Å². The van der Waals surface area contributed by atoms with Crippen LogP contribution in [-0.2, 0) is 9.53 Å². The number of nitrogens with two attached hydrogens (primary N) is 1. The first-order valence-corrected chi connectivity index (χ1v) is 6.32. The molecule has 17 heavy (non-hydrogen) atoms. The Bertz CT molecular complexity index is 267. The predicted octanol–water partition coefficient (Wildman–Crippen LogP) is 1.17. The SMILES string of the molecule is CCC1CCN(C(=O)C2(N)CCOCC2)C1.Cl. The van der Waals surface area contributed by atoms with Crippen LogP contribution in [0.15, 0.2) is 0 Å². The molecular weight excluding hydrogens is 240 g/mol. The Morgan fingerprint density at radius 1 is 1.47 bits per heavy atom. The van der Waals surface area contributed by atoms with Crippen LogP contribution in [0.5, 0.6) is 0 Å². The number of amides is 1. The lowest BCUT2D eigenvalue weighted by molar-refractivity contribution is -0.139. The van der Waals surface area contributed by atoms with Gasteiger partial charge in [-0.25, -0.2) is 0 Å². The molecule has 2 N–H and O–H groups in total. The molecule has 2 aliphatic heterocycles. The van der Waals surface area contributed by atoms with Crippen LogP contribution in [0.2, 0.25) is 0 Å². The van der Waals surface area contributed by atoms with Crippen molar-refractivity contribution in [3.05, 3.63) is 0 Å². The van der Waals surface area contributed by atoms with E-state index in [9.17, 15) is 4.79 Å². The molecular formula is C12H23ClN2O2. The second-order valence-electron chi connectivity index (χ2n) is 5.08. The number of hydrogen-bond donors (Lipinski definition) is 1. The molecule has 1 unspecified atom stereocenters. The zero-order valence-electron chi connectivity index (χ0n) is 10.5. The summed E-state index contributed by atoms with van der Waals surface area (Å²) in [6.45, 7) is 5.21. The summed E-state index contributed by atoms with van der Waals surface area (Å²) in [6, 6.07) is 0. The fourth-order valence-electron chi connectivity index (χ4n) is 2.61. The van der Waals surface area contributed by atoms with Gasteiger partial charge in [0.05, 0.1) is 5.54 Å². The van der Waals surface area contributed by atoms with Gasteiger partial charge < -0.3 is 15.4 Å². The van der Waals surface area contributed by atoms with E-state index < -0.39 is 5.54 Å². The summed E-state index contributed by atoms with van der Waals surface area (Å²) in [5.74, 6) is 0.819. The van der Waals surface area contributed by atoms with Crippen molar-refractivity contribution < 1.29 is 9.53 Å². The average Bonchev–Trinajstić information content (AvgIpc) is 2.77. The van der Waals surface area contributed by atoms with Crippen molar-refractivity contribution in [1.82, 2.24) is 4.90 Å². The highest BCUT2D eigenvalue weighted by Crippen LogP contribution is 2.25. The maximum absolute atomic E-state index is 12.3. The molecule has 2 fully saturated rings. The van der Waals surface area contributed by atoms with Crippen LogP contribution >= 0.6 is 12.4 Å². The molecule has 0 aromatic rings. The van der Waals surface area contributed by atoms with Gasteiger partial charge in [-0.1, -0.05) is 13.3 Å². The molecule has 0 aliphatic carbocycles. The average molecular weight is 263 g/mol. The maximum Gasteiger partial charge on any atom is 0.242 e. The Morgan fingerprint density at radius 3 is 2.65 bits per heavy atom. The lowest BCUT2D eigenvalue weighted by Crippen LogP contribution is -2.57. The fraction of sp³-hybridized carbons (Fsp3) is 0.917. The predicted molar refractivity (Wildman–Crippen MR) is 69.2 cm³/mol. The molecule has 0 bridgehead atoms. The maximum atomic E-state index is 12.3. The van der Waals surface area contributed by atoms with Gasteiger partial charge in [0.1, 0.15) is 0 Å². The van der Waals surface area contributed by atoms with E-state index >= 15 is 0 Å². The number of rotatable bonds is 2. The summed E-state index contributed by atoms with van der Waals surface area (Å²) in [7, 11) is 0. The van der Waals surface area contributed by atoms with E-state index in [1.165, 1.54) is 0 Å². The molecule has 2 aliphatic rings. The molecule has 2 saturated heterocycles. The minimum atomic E-state index is -0.652. The highest BCUT2D eigenvalue weighted by atomic mass is 35.5. The lowest BCUT2D eigenvalue weighted by atomic mass is 9.90. The van der Waals surface area contributed by atoms with Crippen molar-refractivity contribution in [2.75, 3.05) is 26.3 Å². The third kappa shape index (κ3) is 3.12. The Morgan fingerprint density at radius 2 is 2.12 bits per heavy atom.